The molecule has 0 saturated carbocycles. The van der Waals surface area contributed by atoms with E-state index in [2.05, 4.69) is 15.0 Å². The molecule has 8 bridgehead atoms. The third-order valence-corrected chi connectivity index (χ3v) is 5.62. The standard InChI is InChI=1S/C27H18N4O2.Mn/c32-27(33)24-4-2-1-3-23(24)25-14-22-13-20-8-7-18(29-20)11-16-5-6-17(28-16)12-19-9-10-21(30-19)15-26(25)31-22;/h1-15,29,31H,(H,32,33);. The van der Waals surface area contributed by atoms with Crippen LogP contribution >= 0.6 is 0 Å². The number of benzene rings is 1. The van der Waals surface area contributed by atoms with Gasteiger partial charge in [-0.15, -0.1) is 0 Å². The Kier molecular flexibility index (Phi) is 5.49. The van der Waals surface area contributed by atoms with E-state index in [0.29, 0.717) is 5.56 Å². The predicted octanol–water partition coefficient (Wildman–Crippen LogP) is 6.02. The number of nitrogens with zero attached hydrogens (tertiary/aromatic N) is 2. The quantitative estimate of drug-likeness (QED) is 0.262. The second-order valence-electron chi connectivity index (χ2n) is 7.94. The molecular formula is C27H18MnN4O2. The van der Waals surface area contributed by atoms with Crippen molar-refractivity contribution in [3.05, 3.63) is 95.1 Å². The van der Waals surface area contributed by atoms with Crippen molar-refractivity contribution in [3.8, 4) is 11.1 Å². The van der Waals surface area contributed by atoms with Crippen LogP contribution in [-0.4, -0.2) is 31.0 Å². The Balaban J connectivity index is 0.00000241. The summed E-state index contributed by atoms with van der Waals surface area (Å²) in [6.45, 7) is 0. The number of aromatic nitrogens is 4. The maximum Gasteiger partial charge on any atom is 0.336 e. The van der Waals surface area contributed by atoms with Crippen LogP contribution in [0.2, 0.25) is 0 Å². The van der Waals surface area contributed by atoms with Crippen molar-refractivity contribution in [2.75, 3.05) is 0 Å². The molecule has 0 spiro atoms. The fraction of sp³-hybridized carbons (Fsp3) is 0. The number of carboxylic acid groups (broad SMARTS) is 1. The van der Waals surface area contributed by atoms with Gasteiger partial charge in [0.05, 0.1) is 28.3 Å². The van der Waals surface area contributed by atoms with E-state index in [4.69, 9.17) is 4.98 Å². The zero-order chi connectivity index (χ0) is 22.4. The minimum atomic E-state index is -0.962. The first-order valence-electron chi connectivity index (χ1n) is 10.5. The average molecular weight is 485 g/mol. The Morgan fingerprint density at radius 3 is 1.97 bits per heavy atom. The fourth-order valence-corrected chi connectivity index (χ4v) is 4.15. The topological polar surface area (TPSA) is 94.7 Å². The van der Waals surface area contributed by atoms with Gasteiger partial charge in [0, 0.05) is 44.7 Å². The van der Waals surface area contributed by atoms with E-state index >= 15 is 0 Å². The number of fused-ring (bicyclic) bond motifs is 8. The first-order chi connectivity index (χ1) is 16.1. The Labute approximate surface area is 205 Å². The Morgan fingerprint density at radius 2 is 1.26 bits per heavy atom. The number of nitrogens with one attached hydrogen (secondary N) is 2. The molecule has 0 unspecified atom stereocenters. The van der Waals surface area contributed by atoms with Crippen molar-refractivity contribution in [1.29, 1.82) is 0 Å². The van der Waals surface area contributed by atoms with Crippen LogP contribution in [0, 0.1) is 0 Å². The Bertz CT molecular complexity index is 1660. The largest absolute Gasteiger partial charge is 0.478 e. The van der Waals surface area contributed by atoms with Gasteiger partial charge in [-0.3, -0.25) is 0 Å². The molecule has 1 radical (unpaired) electrons. The van der Waals surface area contributed by atoms with Gasteiger partial charge in [0.2, 0.25) is 0 Å². The number of hydrogen-bond acceptors (Lipinski definition) is 3. The number of aromatic amines is 2. The number of hydrogen-bond donors (Lipinski definition) is 3. The molecule has 2 aliphatic rings. The number of carbonyl (C=O) groups is 1. The Morgan fingerprint density at radius 1 is 0.647 bits per heavy atom. The summed E-state index contributed by atoms with van der Waals surface area (Å²) in [6.07, 6.45) is 7.83. The van der Waals surface area contributed by atoms with Crippen LogP contribution in [0.25, 0.3) is 57.5 Å². The summed E-state index contributed by atoms with van der Waals surface area (Å²) in [5, 5.41) is 9.73. The molecule has 0 atom stereocenters. The van der Waals surface area contributed by atoms with Gasteiger partial charge in [0.15, 0.2) is 0 Å². The molecule has 3 N–H and O–H groups in total. The summed E-state index contributed by atoms with van der Waals surface area (Å²) in [6, 6.07) is 20.9. The normalized spacial score (nSPS) is 11.9. The van der Waals surface area contributed by atoms with Crippen LogP contribution in [0.3, 0.4) is 0 Å². The van der Waals surface area contributed by atoms with Crippen molar-refractivity contribution in [2.45, 2.75) is 0 Å². The van der Waals surface area contributed by atoms with Gasteiger partial charge in [-0.1, -0.05) is 18.2 Å². The molecule has 2 aliphatic heterocycles. The molecule has 5 heterocycles. The SMILES string of the molecule is O=C(O)c1ccccc1-c1cc2cc3ccc(cc4nc(cc5nc(cc1[nH]2)C=C5)C=C4)[nH]3.[Mn]. The van der Waals surface area contributed by atoms with Crippen LogP contribution in [0.4, 0.5) is 0 Å². The monoisotopic (exact) mass is 485 g/mol. The maximum atomic E-state index is 11.9. The third-order valence-electron chi connectivity index (χ3n) is 5.62. The van der Waals surface area contributed by atoms with E-state index in [1.165, 1.54) is 0 Å². The zero-order valence-electron chi connectivity index (χ0n) is 17.8. The van der Waals surface area contributed by atoms with Crippen molar-refractivity contribution < 1.29 is 27.0 Å². The second-order valence-corrected chi connectivity index (χ2v) is 7.94. The van der Waals surface area contributed by atoms with Crippen molar-refractivity contribution in [1.82, 2.24) is 19.9 Å². The molecule has 7 heteroatoms. The molecule has 6 nitrogen and oxygen atoms in total. The number of H-pyrrole nitrogens is 2. The van der Waals surface area contributed by atoms with E-state index in [1.54, 1.807) is 12.1 Å². The molecule has 0 fully saturated rings. The van der Waals surface area contributed by atoms with Crippen LogP contribution in [0.5, 0.6) is 0 Å². The predicted molar refractivity (Wildman–Crippen MR) is 131 cm³/mol. The molecule has 165 valence electrons. The summed E-state index contributed by atoms with van der Waals surface area (Å²) in [5.41, 5.74) is 8.51. The number of rotatable bonds is 2. The maximum absolute atomic E-state index is 11.9. The van der Waals surface area contributed by atoms with Gasteiger partial charge in [0.1, 0.15) is 0 Å². The van der Waals surface area contributed by atoms with E-state index < -0.39 is 5.97 Å². The van der Waals surface area contributed by atoms with E-state index in [1.807, 2.05) is 78.9 Å². The first kappa shape index (κ1) is 21.6. The molecule has 1 aromatic carbocycles. The van der Waals surface area contributed by atoms with Gasteiger partial charge in [-0.2, -0.15) is 0 Å². The smallest absolute Gasteiger partial charge is 0.336 e. The minimum absolute atomic E-state index is 0. The van der Waals surface area contributed by atoms with Crippen LogP contribution in [0.1, 0.15) is 33.1 Å². The van der Waals surface area contributed by atoms with Crippen LogP contribution in [0.15, 0.2) is 66.7 Å². The molecule has 3 aromatic heterocycles. The number of carboxylic acids is 1. The summed E-state index contributed by atoms with van der Waals surface area (Å²) in [7, 11) is 0. The molecule has 0 aliphatic carbocycles. The van der Waals surface area contributed by atoms with Crippen molar-refractivity contribution in [3.63, 3.8) is 0 Å². The minimum Gasteiger partial charge on any atom is -0.478 e. The van der Waals surface area contributed by atoms with Crippen LogP contribution < -0.4 is 0 Å². The molecule has 6 rings (SSSR count). The van der Waals surface area contributed by atoms with E-state index in [0.717, 1.165) is 50.4 Å². The molecule has 0 amide bonds. The summed E-state index contributed by atoms with van der Waals surface area (Å²) in [4.78, 5) is 28.0. The van der Waals surface area contributed by atoms with Crippen molar-refractivity contribution >= 4 is 52.3 Å². The molecule has 4 aromatic rings. The fourth-order valence-electron chi connectivity index (χ4n) is 4.15. The summed E-state index contributed by atoms with van der Waals surface area (Å²) < 4.78 is 0. The summed E-state index contributed by atoms with van der Waals surface area (Å²) >= 11 is 0. The average Bonchev–Trinajstić information content (AvgIpc) is 3.59. The van der Waals surface area contributed by atoms with E-state index in [-0.39, 0.29) is 22.6 Å². The van der Waals surface area contributed by atoms with Gasteiger partial charge in [-0.05, 0) is 78.4 Å². The van der Waals surface area contributed by atoms with Gasteiger partial charge >= 0.3 is 5.97 Å². The summed E-state index contributed by atoms with van der Waals surface area (Å²) in [5.74, 6) is -0.962. The van der Waals surface area contributed by atoms with Gasteiger partial charge in [0.25, 0.3) is 0 Å². The molecule has 34 heavy (non-hydrogen) atoms. The van der Waals surface area contributed by atoms with Gasteiger partial charge in [-0.25, -0.2) is 14.8 Å². The molecule has 0 saturated heterocycles. The Hall–Kier alpha value is -4.19. The second kappa shape index (κ2) is 8.63. The zero-order valence-corrected chi connectivity index (χ0v) is 19.0. The van der Waals surface area contributed by atoms with Crippen LogP contribution in [-0.2, 0) is 17.1 Å². The van der Waals surface area contributed by atoms with Gasteiger partial charge < -0.3 is 15.1 Å². The van der Waals surface area contributed by atoms with E-state index in [9.17, 15) is 9.90 Å². The number of aromatic carboxylic acids is 1. The third kappa shape index (κ3) is 4.10. The molecular weight excluding hydrogens is 467 g/mol. The first-order valence-corrected chi connectivity index (χ1v) is 10.5. The van der Waals surface area contributed by atoms with Crippen molar-refractivity contribution in [2.24, 2.45) is 0 Å².